The zero-order valence-electron chi connectivity index (χ0n) is 13.0. The number of carboxylic acids is 1. The van der Waals surface area contributed by atoms with Crippen LogP contribution in [0.4, 0.5) is 0 Å². The number of aliphatic carboxylic acids is 1. The van der Waals surface area contributed by atoms with Crippen LogP contribution in [0.5, 0.6) is 0 Å². The second kappa shape index (κ2) is 7.38. The first kappa shape index (κ1) is 18.1. The Morgan fingerprint density at radius 2 is 1.77 bits per heavy atom. The molecule has 0 bridgehead atoms. The fraction of sp³-hybridized carbons (Fsp3) is 0.500. The fourth-order valence-corrected chi connectivity index (χ4v) is 2.08. The monoisotopic (exact) mass is 309 g/mol. The van der Waals surface area contributed by atoms with E-state index >= 15 is 0 Å². The van der Waals surface area contributed by atoms with Crippen molar-refractivity contribution in [3.8, 4) is 0 Å². The van der Waals surface area contributed by atoms with Crippen molar-refractivity contribution in [1.29, 1.82) is 0 Å². The highest BCUT2D eigenvalue weighted by Gasteiger charge is 2.36. The van der Waals surface area contributed by atoms with Gasteiger partial charge < -0.3 is 20.7 Å². The predicted molar refractivity (Wildman–Crippen MR) is 81.3 cm³/mol. The van der Waals surface area contributed by atoms with Crippen LogP contribution in [0.15, 0.2) is 30.3 Å². The molecule has 22 heavy (non-hydrogen) atoms. The van der Waals surface area contributed by atoms with E-state index < -0.39 is 42.0 Å². The van der Waals surface area contributed by atoms with Crippen molar-refractivity contribution >= 4 is 11.9 Å². The lowest BCUT2D eigenvalue weighted by Gasteiger charge is -2.29. The lowest BCUT2D eigenvalue weighted by Crippen LogP contribution is -2.45. The zero-order valence-corrected chi connectivity index (χ0v) is 13.0. The molecule has 3 atom stereocenters. The first-order valence-electron chi connectivity index (χ1n) is 7.05. The molecule has 3 unspecified atom stereocenters. The molecule has 0 radical (unpaired) electrons. The molecule has 1 aromatic rings. The smallest absolute Gasteiger partial charge is 0.315 e. The minimum atomic E-state index is -1.35. The molecule has 1 rings (SSSR count). The van der Waals surface area contributed by atoms with Crippen molar-refractivity contribution in [3.05, 3.63) is 35.9 Å². The second-order valence-corrected chi connectivity index (χ2v) is 6.16. The van der Waals surface area contributed by atoms with Crippen LogP contribution in [0.25, 0.3) is 0 Å². The maximum atomic E-state index is 12.4. The summed E-state index contributed by atoms with van der Waals surface area (Å²) in [6.07, 6.45) is -1.89. The minimum Gasteiger partial charge on any atom is -0.481 e. The van der Waals surface area contributed by atoms with E-state index in [1.165, 1.54) is 0 Å². The Balaban J connectivity index is 3.06. The number of aliphatic hydroxyl groups is 1. The Hall–Kier alpha value is -1.92. The molecule has 1 aromatic carbocycles. The van der Waals surface area contributed by atoms with E-state index in [-0.39, 0.29) is 0 Å². The maximum absolute atomic E-state index is 12.4. The van der Waals surface area contributed by atoms with E-state index in [1.54, 1.807) is 51.1 Å². The minimum absolute atomic E-state index is 0.534. The Bertz CT molecular complexity index is 509. The molecule has 6 heteroatoms. The SMILES string of the molecule is CC(C)(C)OC(=O)C(c1ccccc1)C(N)C(O)CC(=O)O. The van der Waals surface area contributed by atoms with Gasteiger partial charge in [-0.2, -0.15) is 0 Å². The number of carboxylic acid groups (broad SMARTS) is 1. The number of ether oxygens (including phenoxy) is 1. The quantitative estimate of drug-likeness (QED) is 0.683. The van der Waals surface area contributed by atoms with Gasteiger partial charge in [0.2, 0.25) is 0 Å². The van der Waals surface area contributed by atoms with Crippen molar-refractivity contribution in [3.63, 3.8) is 0 Å². The summed E-state index contributed by atoms with van der Waals surface area (Å²) in [5, 5.41) is 18.7. The number of rotatable bonds is 6. The van der Waals surface area contributed by atoms with Crippen LogP contribution < -0.4 is 5.73 Å². The van der Waals surface area contributed by atoms with Gasteiger partial charge >= 0.3 is 11.9 Å². The number of hydrogen-bond donors (Lipinski definition) is 3. The van der Waals surface area contributed by atoms with Gasteiger partial charge in [-0.3, -0.25) is 9.59 Å². The summed E-state index contributed by atoms with van der Waals surface area (Å²) in [5.41, 5.74) is 5.82. The van der Waals surface area contributed by atoms with Crippen molar-refractivity contribution < 1.29 is 24.5 Å². The summed E-state index contributed by atoms with van der Waals surface area (Å²) in [4.78, 5) is 23.2. The third-order valence-corrected chi connectivity index (χ3v) is 3.03. The van der Waals surface area contributed by atoms with E-state index in [2.05, 4.69) is 0 Å². The van der Waals surface area contributed by atoms with E-state index in [0.29, 0.717) is 5.56 Å². The van der Waals surface area contributed by atoms with Gasteiger partial charge in [-0.15, -0.1) is 0 Å². The zero-order chi connectivity index (χ0) is 16.9. The van der Waals surface area contributed by atoms with Crippen LogP contribution in [0.3, 0.4) is 0 Å². The molecule has 0 aliphatic rings. The standard InChI is InChI=1S/C16H23NO5/c1-16(2,3)22-15(21)13(10-7-5-4-6-8-10)14(17)11(18)9-12(19)20/h4-8,11,13-14,18H,9,17H2,1-3H3,(H,19,20). The predicted octanol–water partition coefficient (Wildman–Crippen LogP) is 1.27. The average molecular weight is 309 g/mol. The molecule has 0 heterocycles. The average Bonchev–Trinajstić information content (AvgIpc) is 2.37. The molecule has 0 aliphatic carbocycles. The number of hydrogen-bond acceptors (Lipinski definition) is 5. The number of esters is 1. The van der Waals surface area contributed by atoms with Crippen LogP contribution in [0, 0.1) is 0 Å². The van der Waals surface area contributed by atoms with Gasteiger partial charge in [-0.1, -0.05) is 30.3 Å². The molecule has 4 N–H and O–H groups in total. The van der Waals surface area contributed by atoms with Gasteiger partial charge in [0.15, 0.2) is 0 Å². The first-order chi connectivity index (χ1) is 10.1. The third kappa shape index (κ3) is 5.46. The summed E-state index contributed by atoms with van der Waals surface area (Å²) in [5.74, 6) is -2.70. The highest BCUT2D eigenvalue weighted by atomic mass is 16.6. The highest BCUT2D eigenvalue weighted by molar-refractivity contribution is 5.80. The lowest BCUT2D eigenvalue weighted by molar-refractivity contribution is -0.158. The topological polar surface area (TPSA) is 110 Å². The molecular formula is C16H23NO5. The van der Waals surface area contributed by atoms with Crippen LogP contribution >= 0.6 is 0 Å². The molecule has 0 saturated carbocycles. The highest BCUT2D eigenvalue weighted by Crippen LogP contribution is 2.25. The van der Waals surface area contributed by atoms with Crippen molar-refractivity contribution in [1.82, 2.24) is 0 Å². The summed E-state index contributed by atoms with van der Waals surface area (Å²) >= 11 is 0. The number of nitrogens with two attached hydrogens (primary N) is 1. The molecule has 0 spiro atoms. The summed E-state index contributed by atoms with van der Waals surface area (Å²) < 4.78 is 5.35. The largest absolute Gasteiger partial charge is 0.481 e. The summed E-state index contributed by atoms with van der Waals surface area (Å²) in [7, 11) is 0. The number of carbonyl (C=O) groups is 2. The summed E-state index contributed by atoms with van der Waals surface area (Å²) in [6.45, 7) is 5.18. The van der Waals surface area contributed by atoms with Gasteiger partial charge in [-0.25, -0.2) is 0 Å². The third-order valence-electron chi connectivity index (χ3n) is 3.03. The number of benzene rings is 1. The maximum Gasteiger partial charge on any atom is 0.315 e. The van der Waals surface area contributed by atoms with Crippen molar-refractivity contribution in [2.24, 2.45) is 5.73 Å². The normalized spacial score (nSPS) is 15.7. The fourth-order valence-electron chi connectivity index (χ4n) is 2.08. The number of aliphatic hydroxyl groups excluding tert-OH is 1. The van der Waals surface area contributed by atoms with E-state index in [4.69, 9.17) is 15.6 Å². The molecule has 0 saturated heterocycles. The Kier molecular flexibility index (Phi) is 6.08. The molecule has 6 nitrogen and oxygen atoms in total. The van der Waals surface area contributed by atoms with Crippen LogP contribution in [0.2, 0.25) is 0 Å². The molecule has 0 aliphatic heterocycles. The summed E-state index contributed by atoms with van der Waals surface area (Å²) in [6, 6.07) is 7.58. The van der Waals surface area contributed by atoms with Crippen molar-refractivity contribution in [2.75, 3.05) is 0 Å². The van der Waals surface area contributed by atoms with Gasteiger partial charge in [0.25, 0.3) is 0 Å². The van der Waals surface area contributed by atoms with Crippen molar-refractivity contribution in [2.45, 2.75) is 50.9 Å². The van der Waals surface area contributed by atoms with Gasteiger partial charge in [0.05, 0.1) is 18.4 Å². The molecule has 0 fully saturated rings. The Labute approximate surface area is 129 Å². The number of carbonyl (C=O) groups excluding carboxylic acids is 1. The van der Waals surface area contributed by atoms with Crippen LogP contribution in [-0.4, -0.2) is 39.9 Å². The second-order valence-electron chi connectivity index (χ2n) is 6.16. The van der Waals surface area contributed by atoms with Crippen LogP contribution in [-0.2, 0) is 14.3 Å². The van der Waals surface area contributed by atoms with E-state index in [9.17, 15) is 14.7 Å². The lowest BCUT2D eigenvalue weighted by atomic mass is 9.87. The molecular weight excluding hydrogens is 286 g/mol. The van der Waals surface area contributed by atoms with E-state index in [0.717, 1.165) is 0 Å². The molecule has 122 valence electrons. The van der Waals surface area contributed by atoms with E-state index in [1.807, 2.05) is 0 Å². The Morgan fingerprint density at radius 1 is 1.23 bits per heavy atom. The Morgan fingerprint density at radius 3 is 2.23 bits per heavy atom. The molecule has 0 aromatic heterocycles. The molecule has 0 amide bonds. The van der Waals surface area contributed by atoms with Gasteiger partial charge in [-0.05, 0) is 26.3 Å². The first-order valence-corrected chi connectivity index (χ1v) is 7.05. The van der Waals surface area contributed by atoms with Gasteiger partial charge in [0.1, 0.15) is 5.60 Å². The van der Waals surface area contributed by atoms with Gasteiger partial charge in [0, 0.05) is 6.04 Å². The van der Waals surface area contributed by atoms with Crippen LogP contribution in [0.1, 0.15) is 38.7 Å².